The minimum atomic E-state index is -0.200. The molecule has 0 aliphatic carbocycles. The molecule has 5 heteroatoms. The molecular weight excluding hydrogens is 218 g/mol. The van der Waals surface area contributed by atoms with Crippen LogP contribution in [-0.4, -0.2) is 31.4 Å². The van der Waals surface area contributed by atoms with Gasteiger partial charge >= 0.3 is 0 Å². The number of para-hydroxylation sites is 1. The molecule has 1 heterocycles. The van der Waals surface area contributed by atoms with Gasteiger partial charge in [-0.15, -0.1) is 0 Å². The minimum Gasteiger partial charge on any atom is -0.355 e. The largest absolute Gasteiger partial charge is 0.355 e. The molecule has 1 atom stereocenters. The van der Waals surface area contributed by atoms with E-state index < -0.39 is 0 Å². The van der Waals surface area contributed by atoms with Gasteiger partial charge in [0.15, 0.2) is 0 Å². The normalized spacial score (nSPS) is 19.5. The van der Waals surface area contributed by atoms with Crippen molar-refractivity contribution in [3.63, 3.8) is 0 Å². The van der Waals surface area contributed by atoms with Gasteiger partial charge in [0.25, 0.3) is 5.91 Å². The van der Waals surface area contributed by atoms with Crippen LogP contribution in [0.25, 0.3) is 0 Å². The molecule has 2 rings (SSSR count). The number of rotatable bonds is 2. The maximum atomic E-state index is 11.8. The third-order valence-corrected chi connectivity index (χ3v) is 2.82. The highest BCUT2D eigenvalue weighted by Crippen LogP contribution is 2.24. The Morgan fingerprint density at radius 1 is 1.47 bits per heavy atom. The fraction of sp³-hybridized carbons (Fsp3) is 0.333. The lowest BCUT2D eigenvalue weighted by molar-refractivity contribution is -0.117. The molecule has 0 saturated carbocycles. The molecule has 0 aromatic heterocycles. The number of nitrogens with one attached hydrogen (secondary N) is 1. The molecule has 90 valence electrons. The summed E-state index contributed by atoms with van der Waals surface area (Å²) >= 11 is 0. The van der Waals surface area contributed by atoms with Gasteiger partial charge in [-0.25, -0.2) is 0 Å². The SMILES string of the molecule is CNC(=O)c1ccccc1N1CC(N)CC1=O. The Morgan fingerprint density at radius 3 is 2.76 bits per heavy atom. The lowest BCUT2D eigenvalue weighted by Gasteiger charge is -2.19. The number of hydrogen-bond donors (Lipinski definition) is 2. The molecule has 1 aromatic carbocycles. The highest BCUT2D eigenvalue weighted by molar-refractivity contribution is 6.05. The van der Waals surface area contributed by atoms with E-state index in [2.05, 4.69) is 5.32 Å². The summed E-state index contributed by atoms with van der Waals surface area (Å²) in [6, 6.07) is 6.89. The maximum absolute atomic E-state index is 11.8. The summed E-state index contributed by atoms with van der Waals surface area (Å²) in [7, 11) is 1.57. The van der Waals surface area contributed by atoms with Crippen LogP contribution in [0, 0.1) is 0 Å². The monoisotopic (exact) mass is 233 g/mol. The Labute approximate surface area is 99.6 Å². The summed E-state index contributed by atoms with van der Waals surface area (Å²) in [5, 5.41) is 2.56. The minimum absolute atomic E-state index is 0.0335. The predicted molar refractivity (Wildman–Crippen MR) is 64.8 cm³/mol. The van der Waals surface area contributed by atoms with Crippen molar-refractivity contribution in [1.29, 1.82) is 0 Å². The van der Waals surface area contributed by atoms with Crippen molar-refractivity contribution in [3.8, 4) is 0 Å². The van der Waals surface area contributed by atoms with Gasteiger partial charge in [-0.05, 0) is 12.1 Å². The second kappa shape index (κ2) is 4.55. The molecule has 1 aromatic rings. The van der Waals surface area contributed by atoms with Crippen molar-refractivity contribution in [2.24, 2.45) is 5.73 Å². The standard InChI is InChI=1S/C12H15N3O2/c1-14-12(17)9-4-2-3-5-10(9)15-7-8(13)6-11(15)16/h2-5,8H,6-7,13H2,1H3,(H,14,17). The molecule has 3 N–H and O–H groups in total. The smallest absolute Gasteiger partial charge is 0.253 e. The van der Waals surface area contributed by atoms with Crippen LogP contribution in [0.4, 0.5) is 5.69 Å². The zero-order valence-corrected chi connectivity index (χ0v) is 9.64. The number of carbonyl (C=O) groups is 2. The van der Waals surface area contributed by atoms with Crippen LogP contribution in [0.5, 0.6) is 0 Å². The number of amides is 2. The first kappa shape index (κ1) is 11.6. The van der Waals surface area contributed by atoms with Crippen molar-refractivity contribution >= 4 is 17.5 Å². The van der Waals surface area contributed by atoms with E-state index in [1.54, 1.807) is 36.2 Å². The van der Waals surface area contributed by atoms with Gasteiger partial charge in [-0.2, -0.15) is 0 Å². The molecule has 0 spiro atoms. The summed E-state index contributed by atoms with van der Waals surface area (Å²) in [4.78, 5) is 25.0. The number of nitrogens with zero attached hydrogens (tertiary/aromatic N) is 1. The van der Waals surface area contributed by atoms with Crippen LogP contribution in [-0.2, 0) is 4.79 Å². The second-order valence-electron chi connectivity index (χ2n) is 4.06. The number of benzene rings is 1. The molecule has 1 aliphatic heterocycles. The van der Waals surface area contributed by atoms with Crippen LogP contribution in [0.15, 0.2) is 24.3 Å². The van der Waals surface area contributed by atoms with Crippen LogP contribution in [0.1, 0.15) is 16.8 Å². The molecule has 0 radical (unpaired) electrons. The maximum Gasteiger partial charge on any atom is 0.253 e. The van der Waals surface area contributed by atoms with Crippen LogP contribution in [0.3, 0.4) is 0 Å². The molecule has 1 unspecified atom stereocenters. The number of nitrogens with two attached hydrogens (primary N) is 1. The van der Waals surface area contributed by atoms with Gasteiger partial charge in [0.2, 0.25) is 5.91 Å². The van der Waals surface area contributed by atoms with E-state index in [0.717, 1.165) is 0 Å². The molecular formula is C12H15N3O2. The van der Waals surface area contributed by atoms with Gasteiger partial charge in [0.1, 0.15) is 0 Å². The van der Waals surface area contributed by atoms with Crippen LogP contribution in [0.2, 0.25) is 0 Å². The van der Waals surface area contributed by atoms with Gasteiger partial charge in [0, 0.05) is 26.1 Å². The summed E-state index contributed by atoms with van der Waals surface area (Å²) in [6.07, 6.45) is 0.335. The topological polar surface area (TPSA) is 75.4 Å². The third kappa shape index (κ3) is 2.14. The Kier molecular flexibility index (Phi) is 3.10. The van der Waals surface area contributed by atoms with Crippen molar-refractivity contribution < 1.29 is 9.59 Å². The highest BCUT2D eigenvalue weighted by atomic mass is 16.2. The van der Waals surface area contributed by atoms with Crippen LogP contribution >= 0.6 is 0 Å². The van der Waals surface area contributed by atoms with E-state index in [1.807, 2.05) is 0 Å². The first-order chi connectivity index (χ1) is 8.13. The quantitative estimate of drug-likeness (QED) is 0.761. The molecule has 2 amide bonds. The van der Waals surface area contributed by atoms with Crippen molar-refractivity contribution in [1.82, 2.24) is 5.32 Å². The molecule has 1 fully saturated rings. The predicted octanol–water partition coefficient (Wildman–Crippen LogP) is 0.110. The van der Waals surface area contributed by atoms with E-state index in [9.17, 15) is 9.59 Å². The Bertz CT molecular complexity index is 459. The number of hydrogen-bond acceptors (Lipinski definition) is 3. The second-order valence-corrected chi connectivity index (χ2v) is 4.06. The molecule has 1 aliphatic rings. The van der Waals surface area contributed by atoms with E-state index in [-0.39, 0.29) is 17.9 Å². The fourth-order valence-electron chi connectivity index (χ4n) is 2.00. The van der Waals surface area contributed by atoms with Gasteiger partial charge in [0.05, 0.1) is 11.3 Å². The zero-order chi connectivity index (χ0) is 12.4. The highest BCUT2D eigenvalue weighted by Gasteiger charge is 2.30. The zero-order valence-electron chi connectivity index (χ0n) is 9.64. The molecule has 1 saturated heterocycles. The fourth-order valence-corrected chi connectivity index (χ4v) is 2.00. The lowest BCUT2D eigenvalue weighted by Crippen LogP contribution is -2.30. The third-order valence-electron chi connectivity index (χ3n) is 2.82. The van der Waals surface area contributed by atoms with E-state index in [4.69, 9.17) is 5.73 Å². The van der Waals surface area contributed by atoms with Crippen molar-refractivity contribution in [3.05, 3.63) is 29.8 Å². The molecule has 17 heavy (non-hydrogen) atoms. The molecule has 5 nitrogen and oxygen atoms in total. The molecule has 0 bridgehead atoms. The van der Waals surface area contributed by atoms with E-state index in [0.29, 0.717) is 24.2 Å². The summed E-state index contributed by atoms with van der Waals surface area (Å²) < 4.78 is 0. The van der Waals surface area contributed by atoms with Gasteiger partial charge < -0.3 is 16.0 Å². The summed E-state index contributed by atoms with van der Waals surface area (Å²) in [5.74, 6) is -0.234. The van der Waals surface area contributed by atoms with E-state index in [1.165, 1.54) is 0 Å². The average Bonchev–Trinajstić information content (AvgIpc) is 2.67. The summed E-state index contributed by atoms with van der Waals surface area (Å²) in [6.45, 7) is 0.465. The summed E-state index contributed by atoms with van der Waals surface area (Å²) in [5.41, 5.74) is 6.88. The first-order valence-corrected chi connectivity index (χ1v) is 5.50. The number of carbonyl (C=O) groups excluding carboxylic acids is 2. The Balaban J connectivity index is 2.38. The number of anilines is 1. The lowest BCUT2D eigenvalue weighted by atomic mass is 10.1. The van der Waals surface area contributed by atoms with Crippen molar-refractivity contribution in [2.75, 3.05) is 18.5 Å². The van der Waals surface area contributed by atoms with Crippen LogP contribution < -0.4 is 16.0 Å². The Morgan fingerprint density at radius 2 is 2.18 bits per heavy atom. The van der Waals surface area contributed by atoms with E-state index >= 15 is 0 Å². The average molecular weight is 233 g/mol. The van der Waals surface area contributed by atoms with Crippen molar-refractivity contribution in [2.45, 2.75) is 12.5 Å². The Hall–Kier alpha value is -1.88. The van der Waals surface area contributed by atoms with Gasteiger partial charge in [-0.1, -0.05) is 12.1 Å². The van der Waals surface area contributed by atoms with Gasteiger partial charge in [-0.3, -0.25) is 9.59 Å². The first-order valence-electron chi connectivity index (χ1n) is 5.50.